The molecule has 0 saturated heterocycles. The maximum atomic E-state index is 12.2. The fraction of sp³-hybridized carbons (Fsp3) is 0.538. The Bertz CT molecular complexity index is 495. The van der Waals surface area contributed by atoms with Gasteiger partial charge in [-0.25, -0.2) is 8.42 Å². The van der Waals surface area contributed by atoms with E-state index in [1.54, 1.807) is 12.1 Å². The molecule has 0 radical (unpaired) electrons. The van der Waals surface area contributed by atoms with E-state index >= 15 is 0 Å². The van der Waals surface area contributed by atoms with Crippen molar-refractivity contribution >= 4 is 9.84 Å². The minimum absolute atomic E-state index is 0.0570. The zero-order valence-electron chi connectivity index (χ0n) is 11.1. The van der Waals surface area contributed by atoms with E-state index in [2.05, 4.69) is 0 Å². The predicted molar refractivity (Wildman–Crippen MR) is 72.8 cm³/mol. The average Bonchev–Trinajstić information content (AvgIpc) is 2.35. The highest BCUT2D eigenvalue weighted by Crippen LogP contribution is 2.29. The van der Waals surface area contributed by atoms with Crippen molar-refractivity contribution < 1.29 is 13.2 Å². The molecule has 0 aliphatic heterocycles. The lowest BCUT2D eigenvalue weighted by atomic mass is 10.0. The number of hydrogen-bond donors (Lipinski definition) is 1. The molecule has 0 spiro atoms. The fourth-order valence-corrected chi connectivity index (χ4v) is 3.22. The summed E-state index contributed by atoms with van der Waals surface area (Å²) in [4.78, 5) is 0.268. The standard InChI is InChI=1S/C13H21NO3S/c1-10(2)11-5-6-12(17-3)13(9-11)18(15,16)8-4-7-14/h5-6,9-10H,4,7-8,14H2,1-3H3. The van der Waals surface area contributed by atoms with Crippen molar-refractivity contribution in [3.8, 4) is 5.75 Å². The lowest BCUT2D eigenvalue weighted by molar-refractivity contribution is 0.402. The number of sulfone groups is 1. The molecule has 0 aliphatic rings. The first kappa shape index (κ1) is 15.0. The van der Waals surface area contributed by atoms with Crippen LogP contribution in [0.5, 0.6) is 5.75 Å². The molecule has 5 heteroatoms. The van der Waals surface area contributed by atoms with E-state index < -0.39 is 9.84 Å². The van der Waals surface area contributed by atoms with Crippen LogP contribution < -0.4 is 10.5 Å². The summed E-state index contributed by atoms with van der Waals surface area (Å²) >= 11 is 0. The Hall–Kier alpha value is -1.07. The predicted octanol–water partition coefficient (Wildman–Crippen LogP) is 1.94. The number of ether oxygens (including phenoxy) is 1. The third-order valence-corrected chi connectivity index (χ3v) is 4.62. The van der Waals surface area contributed by atoms with Crippen LogP contribution >= 0.6 is 0 Å². The van der Waals surface area contributed by atoms with Gasteiger partial charge in [0.25, 0.3) is 0 Å². The summed E-state index contributed by atoms with van der Waals surface area (Å²) < 4.78 is 29.6. The van der Waals surface area contributed by atoms with E-state index in [9.17, 15) is 8.42 Å². The first-order valence-electron chi connectivity index (χ1n) is 6.03. The number of rotatable bonds is 6. The van der Waals surface area contributed by atoms with E-state index in [-0.39, 0.29) is 16.6 Å². The molecule has 0 atom stereocenters. The van der Waals surface area contributed by atoms with E-state index in [1.165, 1.54) is 7.11 Å². The fourth-order valence-electron chi connectivity index (χ4n) is 1.68. The van der Waals surface area contributed by atoms with E-state index in [0.717, 1.165) is 5.56 Å². The third-order valence-electron chi connectivity index (χ3n) is 2.81. The van der Waals surface area contributed by atoms with Gasteiger partial charge in [0.1, 0.15) is 10.6 Å². The zero-order chi connectivity index (χ0) is 13.8. The zero-order valence-corrected chi connectivity index (χ0v) is 12.0. The van der Waals surface area contributed by atoms with E-state index in [0.29, 0.717) is 18.7 Å². The largest absolute Gasteiger partial charge is 0.495 e. The molecule has 0 amide bonds. The van der Waals surface area contributed by atoms with Gasteiger partial charge in [-0.15, -0.1) is 0 Å². The molecular weight excluding hydrogens is 250 g/mol. The second kappa shape index (κ2) is 6.20. The van der Waals surface area contributed by atoms with Gasteiger partial charge in [-0.1, -0.05) is 19.9 Å². The molecule has 0 fully saturated rings. The molecule has 1 rings (SSSR count). The Balaban J connectivity index is 3.23. The van der Waals surface area contributed by atoms with Crippen molar-refractivity contribution in [1.29, 1.82) is 0 Å². The highest BCUT2D eigenvalue weighted by molar-refractivity contribution is 7.91. The van der Waals surface area contributed by atoms with E-state index in [4.69, 9.17) is 10.5 Å². The molecule has 0 saturated carbocycles. The maximum absolute atomic E-state index is 12.2. The summed E-state index contributed by atoms with van der Waals surface area (Å²) in [6.07, 6.45) is 0.456. The lowest BCUT2D eigenvalue weighted by Crippen LogP contribution is -2.13. The molecule has 2 N–H and O–H groups in total. The van der Waals surface area contributed by atoms with Crippen LogP contribution in [0.3, 0.4) is 0 Å². The lowest BCUT2D eigenvalue weighted by Gasteiger charge is -2.13. The third kappa shape index (κ3) is 3.46. The Labute approximate surface area is 109 Å². The van der Waals surface area contributed by atoms with Crippen molar-refractivity contribution in [1.82, 2.24) is 0 Å². The molecular formula is C13H21NO3S. The normalized spacial score (nSPS) is 11.8. The highest BCUT2D eigenvalue weighted by Gasteiger charge is 2.20. The SMILES string of the molecule is COc1ccc(C(C)C)cc1S(=O)(=O)CCCN. The Morgan fingerprint density at radius 3 is 2.50 bits per heavy atom. The van der Waals surface area contributed by atoms with Crippen LogP contribution in [-0.4, -0.2) is 27.8 Å². The van der Waals surface area contributed by atoms with Crippen LogP contribution in [0.25, 0.3) is 0 Å². The highest BCUT2D eigenvalue weighted by atomic mass is 32.2. The quantitative estimate of drug-likeness (QED) is 0.858. The molecule has 0 aliphatic carbocycles. The van der Waals surface area contributed by atoms with Crippen molar-refractivity contribution in [3.63, 3.8) is 0 Å². The Morgan fingerprint density at radius 1 is 1.33 bits per heavy atom. The van der Waals surface area contributed by atoms with Gasteiger partial charge < -0.3 is 10.5 Å². The van der Waals surface area contributed by atoms with Crippen molar-refractivity contribution in [2.75, 3.05) is 19.4 Å². The number of benzene rings is 1. The Morgan fingerprint density at radius 2 is 2.00 bits per heavy atom. The summed E-state index contributed by atoms with van der Waals surface area (Å²) in [5.74, 6) is 0.734. The van der Waals surface area contributed by atoms with Crippen LogP contribution in [0, 0.1) is 0 Å². The van der Waals surface area contributed by atoms with Crippen LogP contribution in [0.15, 0.2) is 23.1 Å². The number of methoxy groups -OCH3 is 1. The van der Waals surface area contributed by atoms with Crippen LogP contribution in [0.1, 0.15) is 31.7 Å². The molecule has 102 valence electrons. The Kier molecular flexibility index (Phi) is 5.16. The molecule has 18 heavy (non-hydrogen) atoms. The van der Waals surface area contributed by atoms with Crippen LogP contribution in [-0.2, 0) is 9.84 Å². The first-order chi connectivity index (χ1) is 8.42. The van der Waals surface area contributed by atoms with Crippen molar-refractivity contribution in [2.45, 2.75) is 31.1 Å². The second-order valence-electron chi connectivity index (χ2n) is 4.53. The summed E-state index contributed by atoms with van der Waals surface area (Å²) in [7, 11) is -1.85. The van der Waals surface area contributed by atoms with Gasteiger partial charge in [0, 0.05) is 0 Å². The van der Waals surface area contributed by atoms with Gasteiger partial charge in [0.05, 0.1) is 12.9 Å². The monoisotopic (exact) mass is 271 g/mol. The van der Waals surface area contributed by atoms with Crippen LogP contribution in [0.4, 0.5) is 0 Å². The molecule has 0 bridgehead atoms. The summed E-state index contributed by atoms with van der Waals surface area (Å²) in [6.45, 7) is 4.42. The molecule has 0 aromatic heterocycles. The summed E-state index contributed by atoms with van der Waals surface area (Å²) in [5.41, 5.74) is 6.35. The van der Waals surface area contributed by atoms with Gasteiger partial charge in [-0.05, 0) is 36.6 Å². The van der Waals surface area contributed by atoms with Gasteiger partial charge in [-0.3, -0.25) is 0 Å². The van der Waals surface area contributed by atoms with Gasteiger partial charge in [0.2, 0.25) is 0 Å². The van der Waals surface area contributed by atoms with Gasteiger partial charge in [-0.2, -0.15) is 0 Å². The summed E-state index contributed by atoms with van der Waals surface area (Å²) in [5, 5.41) is 0. The van der Waals surface area contributed by atoms with Crippen molar-refractivity contribution in [2.24, 2.45) is 5.73 Å². The molecule has 1 aromatic rings. The topological polar surface area (TPSA) is 69.4 Å². The maximum Gasteiger partial charge on any atom is 0.182 e. The summed E-state index contributed by atoms with van der Waals surface area (Å²) in [6, 6.07) is 5.31. The number of hydrogen-bond acceptors (Lipinski definition) is 4. The smallest absolute Gasteiger partial charge is 0.182 e. The molecule has 1 aromatic carbocycles. The van der Waals surface area contributed by atoms with Crippen LogP contribution in [0.2, 0.25) is 0 Å². The second-order valence-corrected chi connectivity index (χ2v) is 6.60. The van der Waals surface area contributed by atoms with Gasteiger partial charge >= 0.3 is 0 Å². The minimum atomic E-state index is -3.33. The molecule has 4 nitrogen and oxygen atoms in total. The van der Waals surface area contributed by atoms with Gasteiger partial charge in [0.15, 0.2) is 9.84 Å². The minimum Gasteiger partial charge on any atom is -0.495 e. The molecule has 0 unspecified atom stereocenters. The number of nitrogens with two attached hydrogens (primary N) is 1. The molecule has 0 heterocycles. The first-order valence-corrected chi connectivity index (χ1v) is 7.68. The van der Waals surface area contributed by atoms with Crippen molar-refractivity contribution in [3.05, 3.63) is 23.8 Å². The average molecular weight is 271 g/mol. The van der Waals surface area contributed by atoms with E-state index in [1.807, 2.05) is 19.9 Å².